The van der Waals surface area contributed by atoms with Crippen LogP contribution in [0.3, 0.4) is 0 Å². The third-order valence-electron chi connectivity index (χ3n) is 5.29. The predicted octanol–water partition coefficient (Wildman–Crippen LogP) is 3.58. The van der Waals surface area contributed by atoms with Gasteiger partial charge in [0.15, 0.2) is 0 Å². The predicted molar refractivity (Wildman–Crippen MR) is 114 cm³/mol. The summed E-state index contributed by atoms with van der Waals surface area (Å²) in [7, 11) is -3.58. The first-order valence-corrected chi connectivity index (χ1v) is 11.2. The number of hydrogen-bond donors (Lipinski definition) is 1. The molecule has 6 nitrogen and oxygen atoms in total. The summed E-state index contributed by atoms with van der Waals surface area (Å²) in [4.78, 5) is 18.0. The number of nitrogens with one attached hydrogen (secondary N) is 1. The van der Waals surface area contributed by atoms with Crippen molar-refractivity contribution in [3.63, 3.8) is 0 Å². The minimum atomic E-state index is -3.58. The third-order valence-corrected chi connectivity index (χ3v) is 7.58. The summed E-state index contributed by atoms with van der Waals surface area (Å²) in [6.45, 7) is 4.98. The highest BCUT2D eigenvalue weighted by molar-refractivity contribution is 7.89. The molecule has 0 unspecified atom stereocenters. The zero-order valence-corrected chi connectivity index (χ0v) is 17.8. The van der Waals surface area contributed by atoms with Crippen LogP contribution in [-0.2, 0) is 10.0 Å². The highest BCUT2D eigenvalue weighted by Gasteiger charge is 2.31. The summed E-state index contributed by atoms with van der Waals surface area (Å²) < 4.78 is 27.5. The molecule has 0 bridgehead atoms. The van der Waals surface area contributed by atoms with Gasteiger partial charge in [0.2, 0.25) is 10.0 Å². The van der Waals surface area contributed by atoms with E-state index in [-0.39, 0.29) is 19.0 Å². The molecule has 1 N–H and O–H groups in total. The molecular weight excluding hydrogens is 410 g/mol. The summed E-state index contributed by atoms with van der Waals surface area (Å²) in [5.74, 6) is -0.138. The first-order valence-electron chi connectivity index (χ1n) is 9.41. The van der Waals surface area contributed by atoms with Crippen LogP contribution in [0.5, 0.6) is 0 Å². The molecule has 0 saturated carbocycles. The van der Waals surface area contributed by atoms with Gasteiger partial charge >= 0.3 is 0 Å². The molecule has 1 fully saturated rings. The van der Waals surface area contributed by atoms with Gasteiger partial charge in [0, 0.05) is 42.1 Å². The Hall–Kier alpha value is -2.35. The third kappa shape index (κ3) is 3.77. The number of halogens is 1. The van der Waals surface area contributed by atoms with Gasteiger partial charge in [-0.1, -0.05) is 29.3 Å². The molecular formula is C21H22ClN3O3S. The van der Waals surface area contributed by atoms with Crippen molar-refractivity contribution in [1.82, 2.24) is 14.2 Å². The number of benzene rings is 2. The Morgan fingerprint density at radius 3 is 2.41 bits per heavy atom. The Balaban J connectivity index is 1.49. The number of fused-ring (bicyclic) bond motifs is 1. The number of H-pyrrole nitrogens is 1. The van der Waals surface area contributed by atoms with Gasteiger partial charge in [-0.2, -0.15) is 4.31 Å². The molecule has 0 atom stereocenters. The lowest BCUT2D eigenvalue weighted by Crippen LogP contribution is -2.50. The van der Waals surface area contributed by atoms with Gasteiger partial charge in [0.1, 0.15) is 5.69 Å². The van der Waals surface area contributed by atoms with Crippen LogP contribution >= 0.6 is 11.6 Å². The first-order chi connectivity index (χ1) is 13.8. The largest absolute Gasteiger partial charge is 0.351 e. The number of aromatic nitrogens is 1. The molecule has 8 heteroatoms. The highest BCUT2D eigenvalue weighted by Crippen LogP contribution is 2.24. The van der Waals surface area contributed by atoms with Crippen LogP contribution in [0, 0.1) is 13.8 Å². The van der Waals surface area contributed by atoms with Gasteiger partial charge < -0.3 is 9.88 Å². The van der Waals surface area contributed by atoms with Gasteiger partial charge in [0.25, 0.3) is 5.91 Å². The quantitative estimate of drug-likeness (QED) is 0.688. The summed E-state index contributed by atoms with van der Waals surface area (Å²) in [5.41, 5.74) is 3.08. The van der Waals surface area contributed by atoms with Crippen LogP contribution in [0.15, 0.2) is 47.4 Å². The van der Waals surface area contributed by atoms with E-state index in [1.54, 1.807) is 29.2 Å². The molecule has 0 spiro atoms. The fourth-order valence-electron chi connectivity index (χ4n) is 3.75. The second-order valence-corrected chi connectivity index (χ2v) is 9.72. The van der Waals surface area contributed by atoms with Gasteiger partial charge in [-0.25, -0.2) is 8.42 Å². The van der Waals surface area contributed by atoms with E-state index < -0.39 is 10.0 Å². The van der Waals surface area contributed by atoms with Gasteiger partial charge in [-0.3, -0.25) is 4.79 Å². The Bertz CT molecular complexity index is 1200. The zero-order valence-electron chi connectivity index (χ0n) is 16.3. The molecule has 1 aliphatic rings. The van der Waals surface area contributed by atoms with E-state index in [1.807, 2.05) is 32.0 Å². The number of rotatable bonds is 3. The number of carbonyl (C=O) groups excluding carboxylic acids is 1. The summed E-state index contributed by atoms with van der Waals surface area (Å²) in [6, 6.07) is 12.5. The van der Waals surface area contributed by atoms with E-state index >= 15 is 0 Å². The van der Waals surface area contributed by atoms with Crippen molar-refractivity contribution >= 4 is 38.4 Å². The summed E-state index contributed by atoms with van der Waals surface area (Å²) in [5, 5.41) is 1.48. The van der Waals surface area contributed by atoms with Gasteiger partial charge in [-0.15, -0.1) is 0 Å². The van der Waals surface area contributed by atoms with E-state index in [1.165, 1.54) is 4.31 Å². The number of piperazine rings is 1. The fraction of sp³-hybridized carbons (Fsp3) is 0.286. The second-order valence-electron chi connectivity index (χ2n) is 7.38. The van der Waals surface area contributed by atoms with Crippen molar-refractivity contribution in [3.8, 4) is 0 Å². The molecule has 152 valence electrons. The molecule has 1 amide bonds. The lowest BCUT2D eigenvalue weighted by Gasteiger charge is -2.34. The van der Waals surface area contributed by atoms with Crippen LogP contribution in [0.2, 0.25) is 5.02 Å². The van der Waals surface area contributed by atoms with Crippen LogP contribution < -0.4 is 0 Å². The molecule has 2 aromatic carbocycles. The van der Waals surface area contributed by atoms with E-state index in [0.717, 1.165) is 22.0 Å². The molecule has 3 aromatic rings. The number of carbonyl (C=O) groups is 1. The van der Waals surface area contributed by atoms with Crippen molar-refractivity contribution in [2.24, 2.45) is 0 Å². The van der Waals surface area contributed by atoms with Crippen LogP contribution in [-0.4, -0.2) is 54.7 Å². The molecule has 0 radical (unpaired) electrons. The molecule has 29 heavy (non-hydrogen) atoms. The zero-order chi connectivity index (χ0) is 20.8. The molecule has 1 aliphatic heterocycles. The first kappa shape index (κ1) is 19.9. The van der Waals surface area contributed by atoms with Gasteiger partial charge in [0.05, 0.1) is 4.90 Å². The number of aromatic amines is 1. The highest BCUT2D eigenvalue weighted by atomic mass is 35.5. The molecule has 1 aromatic heterocycles. The van der Waals surface area contributed by atoms with Crippen molar-refractivity contribution in [3.05, 3.63) is 64.3 Å². The Labute approximate surface area is 175 Å². The van der Waals surface area contributed by atoms with Crippen molar-refractivity contribution in [2.45, 2.75) is 18.7 Å². The summed E-state index contributed by atoms with van der Waals surface area (Å²) in [6.07, 6.45) is 0. The van der Waals surface area contributed by atoms with E-state index in [4.69, 9.17) is 11.6 Å². The number of hydrogen-bond acceptors (Lipinski definition) is 3. The van der Waals surface area contributed by atoms with Crippen LogP contribution in [0.25, 0.3) is 10.9 Å². The fourth-order valence-corrected chi connectivity index (χ4v) is 5.56. The van der Waals surface area contributed by atoms with Gasteiger partial charge in [-0.05, 0) is 49.7 Å². The maximum absolute atomic E-state index is 13.0. The lowest BCUT2D eigenvalue weighted by molar-refractivity contribution is 0.0693. The number of aryl methyl sites for hydroxylation is 2. The molecule has 1 saturated heterocycles. The minimum Gasteiger partial charge on any atom is -0.351 e. The van der Waals surface area contributed by atoms with E-state index in [0.29, 0.717) is 28.7 Å². The van der Waals surface area contributed by atoms with E-state index in [2.05, 4.69) is 4.98 Å². The van der Waals surface area contributed by atoms with E-state index in [9.17, 15) is 13.2 Å². The number of sulfonamides is 1. The topological polar surface area (TPSA) is 73.5 Å². The second kappa shape index (κ2) is 7.48. The van der Waals surface area contributed by atoms with Crippen molar-refractivity contribution < 1.29 is 13.2 Å². The Morgan fingerprint density at radius 1 is 1.00 bits per heavy atom. The Morgan fingerprint density at radius 2 is 1.72 bits per heavy atom. The SMILES string of the molecule is Cc1ccc(S(=O)(=O)N2CCN(C(=O)c3cc4cc(Cl)ccc4[nH]3)CC2)c(C)c1. The number of nitrogens with zero attached hydrogens (tertiary/aromatic N) is 2. The van der Waals surface area contributed by atoms with Crippen LogP contribution in [0.4, 0.5) is 0 Å². The maximum atomic E-state index is 13.0. The monoisotopic (exact) mass is 431 g/mol. The standard InChI is InChI=1S/C21H22ClN3O3S/c1-14-3-6-20(15(2)11-14)29(27,28)25-9-7-24(8-10-25)21(26)19-13-16-12-17(22)4-5-18(16)23-19/h3-6,11-13,23H,7-10H2,1-2H3. The molecule has 4 rings (SSSR count). The maximum Gasteiger partial charge on any atom is 0.270 e. The average Bonchev–Trinajstić information content (AvgIpc) is 3.10. The number of amides is 1. The normalized spacial score (nSPS) is 15.8. The minimum absolute atomic E-state index is 0.138. The summed E-state index contributed by atoms with van der Waals surface area (Å²) >= 11 is 6.01. The van der Waals surface area contributed by atoms with Crippen molar-refractivity contribution in [2.75, 3.05) is 26.2 Å². The van der Waals surface area contributed by atoms with Crippen molar-refractivity contribution in [1.29, 1.82) is 0 Å². The lowest BCUT2D eigenvalue weighted by atomic mass is 10.2. The van der Waals surface area contributed by atoms with Crippen LogP contribution in [0.1, 0.15) is 21.6 Å². The Kier molecular flexibility index (Phi) is 5.14. The smallest absolute Gasteiger partial charge is 0.270 e. The molecule has 2 heterocycles. The molecule has 0 aliphatic carbocycles. The average molecular weight is 432 g/mol.